The van der Waals surface area contributed by atoms with Crippen LogP contribution >= 0.6 is 0 Å². The molecule has 0 heterocycles. The molecule has 93 heavy (non-hydrogen) atoms. The maximum Gasteiger partial charge on any atom is 0.361 e. The Balaban J connectivity index is 3.98. The quantitative estimate of drug-likeness (QED) is 0.0211. The molecule has 0 saturated carbocycles. The highest BCUT2D eigenvalue weighted by Gasteiger charge is 2.25. The number of unbranched alkanes of at least 4 members (excludes halogenated alkanes) is 42. The third-order valence-corrected chi connectivity index (χ3v) is 17.3. The monoisotopic (exact) mass is 1300 g/mol. The van der Waals surface area contributed by atoms with Gasteiger partial charge in [0.15, 0.2) is 6.10 Å². The van der Waals surface area contributed by atoms with E-state index in [1.54, 1.807) is 0 Å². The fraction of sp³-hybridized carbons (Fsp3) is 0.774. The molecule has 0 rings (SSSR count). The van der Waals surface area contributed by atoms with Crippen molar-refractivity contribution in [1.82, 2.24) is 0 Å². The van der Waals surface area contributed by atoms with E-state index >= 15 is 0 Å². The minimum atomic E-state index is -1.51. The molecule has 0 amide bonds. The summed E-state index contributed by atoms with van der Waals surface area (Å²) >= 11 is 0. The number of quaternary nitrogens is 1. The number of aliphatic carboxylic acids is 1. The first-order chi connectivity index (χ1) is 45.6. The van der Waals surface area contributed by atoms with Crippen LogP contribution in [0.5, 0.6) is 0 Å². The molecule has 0 aliphatic heterocycles. The lowest BCUT2D eigenvalue weighted by molar-refractivity contribution is -0.870. The van der Waals surface area contributed by atoms with Crippen LogP contribution < -0.4 is 0 Å². The summed E-state index contributed by atoms with van der Waals surface area (Å²) in [7, 11) is 5.99. The van der Waals surface area contributed by atoms with Gasteiger partial charge in [0, 0.05) is 12.8 Å². The largest absolute Gasteiger partial charge is 0.477 e. The van der Waals surface area contributed by atoms with Crippen LogP contribution in [0, 0.1) is 0 Å². The third kappa shape index (κ3) is 75.5. The van der Waals surface area contributed by atoms with Crippen molar-refractivity contribution < 1.29 is 42.9 Å². The highest BCUT2D eigenvalue weighted by molar-refractivity contribution is 5.71. The van der Waals surface area contributed by atoms with Gasteiger partial charge < -0.3 is 28.5 Å². The smallest absolute Gasteiger partial charge is 0.361 e. The van der Waals surface area contributed by atoms with Gasteiger partial charge in [0.05, 0.1) is 34.4 Å². The van der Waals surface area contributed by atoms with Crippen molar-refractivity contribution in [3.05, 3.63) is 97.2 Å². The molecule has 2 unspecified atom stereocenters. The molecule has 0 aliphatic carbocycles. The second-order valence-corrected chi connectivity index (χ2v) is 27.6. The van der Waals surface area contributed by atoms with Crippen LogP contribution in [-0.4, -0.2) is 87.4 Å². The topological polar surface area (TPSA) is 108 Å². The first kappa shape index (κ1) is 89.2. The van der Waals surface area contributed by atoms with Crippen molar-refractivity contribution >= 4 is 17.9 Å². The predicted octanol–water partition coefficient (Wildman–Crippen LogP) is 25.1. The van der Waals surface area contributed by atoms with E-state index in [9.17, 15) is 19.5 Å². The molecule has 0 bridgehead atoms. The van der Waals surface area contributed by atoms with Gasteiger partial charge in [-0.15, -0.1) is 0 Å². The number of allylic oxidation sites excluding steroid dienone is 16. The van der Waals surface area contributed by atoms with E-state index in [-0.39, 0.29) is 38.2 Å². The molecule has 0 aromatic heterocycles. The Kier molecular flexibility index (Phi) is 71.0. The molecule has 1 N–H and O–H groups in total. The van der Waals surface area contributed by atoms with Gasteiger partial charge in [-0.1, -0.05) is 349 Å². The third-order valence-electron chi connectivity index (χ3n) is 17.3. The van der Waals surface area contributed by atoms with Gasteiger partial charge >= 0.3 is 17.9 Å². The number of carbonyl (C=O) groups is 3. The van der Waals surface area contributed by atoms with E-state index in [2.05, 4.69) is 111 Å². The van der Waals surface area contributed by atoms with Crippen molar-refractivity contribution in [2.75, 3.05) is 47.5 Å². The highest BCUT2D eigenvalue weighted by Crippen LogP contribution is 2.19. The van der Waals surface area contributed by atoms with Gasteiger partial charge in [0.1, 0.15) is 13.2 Å². The second-order valence-electron chi connectivity index (χ2n) is 27.6. The zero-order valence-corrected chi connectivity index (χ0v) is 61.7. The number of carboxylic acid groups (broad SMARTS) is 1. The number of nitrogens with zero attached hydrogens (tertiary/aromatic N) is 1. The molecule has 9 heteroatoms. The van der Waals surface area contributed by atoms with Crippen molar-refractivity contribution in [1.29, 1.82) is 0 Å². The molecular formula is C84H150NO8+. The minimum absolute atomic E-state index is 0.182. The molecule has 2 atom stereocenters. The molecule has 0 aromatic rings. The van der Waals surface area contributed by atoms with Crippen LogP contribution in [0.3, 0.4) is 0 Å². The molecular weight excluding hydrogens is 1150 g/mol. The Morgan fingerprint density at radius 3 is 0.914 bits per heavy atom. The van der Waals surface area contributed by atoms with E-state index < -0.39 is 18.4 Å². The number of esters is 2. The van der Waals surface area contributed by atoms with E-state index in [4.69, 9.17) is 18.9 Å². The molecule has 9 nitrogen and oxygen atoms in total. The van der Waals surface area contributed by atoms with E-state index in [0.29, 0.717) is 17.4 Å². The molecule has 0 fully saturated rings. The fourth-order valence-electron chi connectivity index (χ4n) is 11.3. The predicted molar refractivity (Wildman–Crippen MR) is 401 cm³/mol. The van der Waals surface area contributed by atoms with Gasteiger partial charge in [-0.2, -0.15) is 0 Å². The number of hydrogen-bond acceptors (Lipinski definition) is 7. The van der Waals surface area contributed by atoms with Crippen molar-refractivity contribution in [2.24, 2.45) is 0 Å². The molecule has 0 aliphatic rings. The van der Waals surface area contributed by atoms with Crippen LogP contribution in [-0.2, 0) is 33.3 Å². The number of rotatable bonds is 73. The van der Waals surface area contributed by atoms with Gasteiger partial charge in [0.2, 0.25) is 0 Å². The second kappa shape index (κ2) is 74.0. The van der Waals surface area contributed by atoms with Crippen molar-refractivity contribution in [2.45, 2.75) is 373 Å². The van der Waals surface area contributed by atoms with Gasteiger partial charge in [-0.25, -0.2) is 4.79 Å². The van der Waals surface area contributed by atoms with Crippen LogP contribution in [0.2, 0.25) is 0 Å². The zero-order valence-electron chi connectivity index (χ0n) is 61.7. The lowest BCUT2D eigenvalue weighted by Crippen LogP contribution is -2.40. The van der Waals surface area contributed by atoms with Crippen molar-refractivity contribution in [3.63, 3.8) is 0 Å². The maximum absolute atomic E-state index is 13.0. The Labute approximate surface area is 575 Å². The van der Waals surface area contributed by atoms with E-state index in [1.165, 1.54) is 250 Å². The first-order valence-electron chi connectivity index (χ1n) is 39.4. The lowest BCUT2D eigenvalue weighted by Gasteiger charge is -2.25. The zero-order chi connectivity index (χ0) is 67.5. The average molecular weight is 1300 g/mol. The van der Waals surface area contributed by atoms with E-state index in [0.717, 1.165) is 83.5 Å². The molecule has 0 saturated heterocycles. The summed E-state index contributed by atoms with van der Waals surface area (Å²) in [4.78, 5) is 37.7. The van der Waals surface area contributed by atoms with Gasteiger partial charge in [-0.05, 0) is 96.3 Å². The summed E-state index contributed by atoms with van der Waals surface area (Å²) in [6.07, 6.45) is 99.8. The molecule has 538 valence electrons. The summed E-state index contributed by atoms with van der Waals surface area (Å²) < 4.78 is 23.0. The number of ether oxygens (including phenoxy) is 4. The number of likely N-dealkylation sites (N-methyl/N-ethyl adjacent to an activating group) is 1. The summed E-state index contributed by atoms with van der Waals surface area (Å²) in [5, 5.41) is 9.77. The number of carboxylic acids is 1. The normalized spacial score (nSPS) is 13.2. The van der Waals surface area contributed by atoms with Gasteiger partial charge in [0.25, 0.3) is 6.29 Å². The summed E-state index contributed by atoms with van der Waals surface area (Å²) in [6.45, 7) is 4.79. The molecule has 0 spiro atoms. The Morgan fingerprint density at radius 2 is 0.613 bits per heavy atom. The van der Waals surface area contributed by atoms with Crippen LogP contribution in [0.25, 0.3) is 0 Å². The molecule has 0 aromatic carbocycles. The number of hydrogen-bond donors (Lipinski definition) is 1. The standard InChI is InChI=1S/C84H149NO8/c1-6-8-10-12-14-16-18-20-22-24-26-28-30-32-34-35-36-37-38-39-40-41-42-43-44-45-46-47-49-51-53-55-57-59-61-63-65-67-69-71-73-75-82(87)93-80(79-92-84(83(88)89)90-77-76-85(3,4)5)78-91-81(86)74-72-70-68-66-64-62-60-58-56-54-52-50-48-33-31-29-27-25-23-21-19-17-15-13-11-9-7-2/h8,10,14,16,19-22,25-28,31-34,80,84H,6-7,9,11-13,15,17-18,23-24,29-30,35-79H2,1-5H3/p+1/b10-8-,16-14-,21-19-,22-20-,27-25-,28-26-,33-31-,34-32-. The summed E-state index contributed by atoms with van der Waals surface area (Å²) in [5.74, 6) is -1.99. The SMILES string of the molecule is CC/C=C\C/C=C\C/C=C\C/C=C\C/C=C\CCCCCCCCCCCCCCCCCCCCCCCCCCCC(=O)OC(COC(=O)CCCCCCCCCCCCCC/C=C\C/C=C\C/C=C\CCCCCCC)COC(OCC[N+](C)(C)C)C(=O)O. The highest BCUT2D eigenvalue weighted by atomic mass is 16.7. The Hall–Kier alpha value is -3.79. The van der Waals surface area contributed by atoms with Crippen LogP contribution in [0.1, 0.15) is 361 Å². The number of carbonyl (C=O) groups excluding carboxylic acids is 2. The Morgan fingerprint density at radius 1 is 0.333 bits per heavy atom. The summed E-state index contributed by atoms with van der Waals surface area (Å²) in [5.41, 5.74) is 0. The van der Waals surface area contributed by atoms with Crippen LogP contribution in [0.15, 0.2) is 97.2 Å². The van der Waals surface area contributed by atoms with Crippen molar-refractivity contribution in [3.8, 4) is 0 Å². The Bertz CT molecular complexity index is 1850. The summed E-state index contributed by atoms with van der Waals surface area (Å²) in [6, 6.07) is 0. The average Bonchev–Trinajstić information content (AvgIpc) is 3.38. The van der Waals surface area contributed by atoms with E-state index in [1.807, 2.05) is 21.1 Å². The minimum Gasteiger partial charge on any atom is -0.477 e. The molecule has 0 radical (unpaired) electrons. The lowest BCUT2D eigenvalue weighted by atomic mass is 10.0. The maximum atomic E-state index is 13.0. The van der Waals surface area contributed by atoms with Gasteiger partial charge in [-0.3, -0.25) is 9.59 Å². The first-order valence-corrected chi connectivity index (χ1v) is 39.4. The van der Waals surface area contributed by atoms with Crippen LogP contribution in [0.4, 0.5) is 0 Å². The fourth-order valence-corrected chi connectivity index (χ4v) is 11.3.